The Balaban J connectivity index is 4.21. The third-order valence-corrected chi connectivity index (χ3v) is 1.84. The van der Waals surface area contributed by atoms with Crippen molar-refractivity contribution in [1.29, 1.82) is 0 Å². The molecule has 0 heterocycles. The van der Waals surface area contributed by atoms with Gasteiger partial charge in [-0.1, -0.05) is 6.92 Å². The van der Waals surface area contributed by atoms with Crippen LogP contribution in [0.3, 0.4) is 0 Å². The summed E-state index contributed by atoms with van der Waals surface area (Å²) in [5, 5.41) is 0. The van der Waals surface area contributed by atoms with Gasteiger partial charge in [0, 0.05) is 0 Å². The van der Waals surface area contributed by atoms with E-state index in [1.807, 2.05) is 0 Å². The molecule has 0 amide bonds. The minimum Gasteiger partial charge on any atom is -0.460 e. The van der Waals surface area contributed by atoms with Gasteiger partial charge in [0.2, 0.25) is 0 Å². The summed E-state index contributed by atoms with van der Waals surface area (Å²) in [6, 6.07) is -0.910. The molecule has 16 heavy (non-hydrogen) atoms. The lowest BCUT2D eigenvalue weighted by Crippen LogP contribution is -2.38. The highest BCUT2D eigenvalue weighted by molar-refractivity contribution is 5.77. The summed E-state index contributed by atoms with van der Waals surface area (Å²) < 4.78 is 5.14. The van der Waals surface area contributed by atoms with E-state index in [1.54, 1.807) is 27.7 Å². The second-order valence-electron chi connectivity index (χ2n) is 4.71. The summed E-state index contributed by atoms with van der Waals surface area (Å²) in [4.78, 5) is 26.5. The highest BCUT2D eigenvalue weighted by Crippen LogP contribution is 2.14. The maximum absolute atomic E-state index is 11.5. The van der Waals surface area contributed by atoms with Crippen molar-refractivity contribution in [2.24, 2.45) is 17.5 Å². The molecular weight excluding hydrogens is 212 g/mol. The van der Waals surface area contributed by atoms with E-state index >= 15 is 0 Å². The fraction of sp³-hybridized carbons (Fsp3) is 0.800. The van der Waals surface area contributed by atoms with Gasteiger partial charge in [-0.3, -0.25) is 4.79 Å². The van der Waals surface area contributed by atoms with Crippen LogP contribution in [0, 0.1) is 5.92 Å². The molecule has 0 saturated heterocycles. The number of ether oxygens (including phenoxy) is 1. The molecule has 6 heteroatoms. The van der Waals surface area contributed by atoms with Crippen molar-refractivity contribution in [3.05, 3.63) is 0 Å². The maximum atomic E-state index is 11.5. The molecule has 94 valence electrons. The van der Waals surface area contributed by atoms with Gasteiger partial charge in [0.1, 0.15) is 11.6 Å². The molecule has 0 aliphatic rings. The van der Waals surface area contributed by atoms with Crippen LogP contribution < -0.4 is 11.6 Å². The predicted molar refractivity (Wildman–Crippen MR) is 57.9 cm³/mol. The first-order valence-electron chi connectivity index (χ1n) is 5.06. The summed E-state index contributed by atoms with van der Waals surface area (Å²) in [6.07, 6.45) is 0.144. The number of carbonyl (C=O) groups is 2. The fourth-order valence-corrected chi connectivity index (χ4v) is 1.06. The van der Waals surface area contributed by atoms with Gasteiger partial charge in [-0.05, 0) is 27.2 Å². The quantitative estimate of drug-likeness (QED) is 0.526. The van der Waals surface area contributed by atoms with Crippen LogP contribution in [0.2, 0.25) is 0 Å². The molecule has 0 bridgehead atoms. The van der Waals surface area contributed by atoms with E-state index in [4.69, 9.17) is 10.5 Å². The average Bonchev–Trinajstić information content (AvgIpc) is 2.13. The largest absolute Gasteiger partial charge is 0.460 e. The maximum Gasteiger partial charge on any atom is 0.341 e. The molecule has 0 aromatic heterocycles. The van der Waals surface area contributed by atoms with Gasteiger partial charge in [0.15, 0.2) is 0 Å². The van der Waals surface area contributed by atoms with E-state index in [0.29, 0.717) is 0 Å². The van der Waals surface area contributed by atoms with Gasteiger partial charge < -0.3 is 15.3 Å². The van der Waals surface area contributed by atoms with E-state index in [2.05, 4.69) is 10.7 Å². The van der Waals surface area contributed by atoms with Crippen molar-refractivity contribution < 1.29 is 19.2 Å². The summed E-state index contributed by atoms with van der Waals surface area (Å²) >= 11 is 0. The number of hydrogen-bond donors (Lipinski definition) is 2. The van der Waals surface area contributed by atoms with E-state index in [-0.39, 0.29) is 6.42 Å². The Morgan fingerprint density at radius 2 is 1.75 bits per heavy atom. The summed E-state index contributed by atoms with van der Waals surface area (Å²) in [7, 11) is 0. The molecular formula is C10H20N2O4. The Labute approximate surface area is 95.2 Å². The minimum atomic E-state index is -0.910. The molecule has 0 aliphatic carbocycles. The standard InChI is InChI=1S/C10H20N2O4/c1-6(5-7(11)9(14)16-12)8(13)15-10(2,3)4/h6-7H,5,11-12H2,1-4H3. The molecule has 2 atom stereocenters. The minimum absolute atomic E-state index is 0.144. The van der Waals surface area contributed by atoms with Crippen molar-refractivity contribution in [2.75, 3.05) is 0 Å². The molecule has 4 N–H and O–H groups in total. The zero-order valence-electron chi connectivity index (χ0n) is 10.1. The van der Waals surface area contributed by atoms with E-state index < -0.39 is 29.5 Å². The second-order valence-corrected chi connectivity index (χ2v) is 4.71. The van der Waals surface area contributed by atoms with Crippen molar-refractivity contribution in [3.8, 4) is 0 Å². The lowest BCUT2D eigenvalue weighted by Gasteiger charge is -2.23. The number of esters is 1. The summed E-state index contributed by atoms with van der Waals surface area (Å²) in [6.45, 7) is 6.95. The summed E-state index contributed by atoms with van der Waals surface area (Å²) in [5.41, 5.74) is 4.92. The number of hydrogen-bond acceptors (Lipinski definition) is 6. The van der Waals surface area contributed by atoms with Crippen LogP contribution in [-0.2, 0) is 19.2 Å². The SMILES string of the molecule is CC(CC(N)C(=O)ON)C(=O)OC(C)(C)C. The molecule has 0 rings (SSSR count). The molecule has 0 aromatic rings. The molecule has 0 spiro atoms. The monoisotopic (exact) mass is 232 g/mol. The van der Waals surface area contributed by atoms with Crippen LogP contribution in [0.4, 0.5) is 0 Å². The first-order chi connectivity index (χ1) is 7.17. The normalized spacial score (nSPS) is 15.1. The van der Waals surface area contributed by atoms with Crippen LogP contribution in [-0.4, -0.2) is 23.6 Å². The van der Waals surface area contributed by atoms with E-state index in [9.17, 15) is 9.59 Å². The van der Waals surface area contributed by atoms with E-state index in [1.165, 1.54) is 0 Å². The smallest absolute Gasteiger partial charge is 0.341 e. The van der Waals surface area contributed by atoms with Crippen molar-refractivity contribution in [3.63, 3.8) is 0 Å². The Bertz CT molecular complexity index is 260. The van der Waals surface area contributed by atoms with Gasteiger partial charge in [-0.2, -0.15) is 5.90 Å². The van der Waals surface area contributed by atoms with E-state index in [0.717, 1.165) is 0 Å². The van der Waals surface area contributed by atoms with Gasteiger partial charge in [0.05, 0.1) is 5.92 Å². The highest BCUT2D eigenvalue weighted by Gasteiger charge is 2.26. The zero-order chi connectivity index (χ0) is 12.9. The molecule has 0 aromatic carbocycles. The van der Waals surface area contributed by atoms with Gasteiger partial charge in [-0.15, -0.1) is 0 Å². The van der Waals surface area contributed by atoms with Crippen LogP contribution in [0.5, 0.6) is 0 Å². The van der Waals surface area contributed by atoms with Crippen molar-refractivity contribution >= 4 is 11.9 Å². The Morgan fingerprint density at radius 1 is 1.25 bits per heavy atom. The van der Waals surface area contributed by atoms with Gasteiger partial charge in [-0.25, -0.2) is 4.79 Å². The molecule has 0 fully saturated rings. The number of carbonyl (C=O) groups excluding carboxylic acids is 2. The topological polar surface area (TPSA) is 105 Å². The average molecular weight is 232 g/mol. The first kappa shape index (κ1) is 14.9. The number of nitrogens with two attached hydrogens (primary N) is 2. The third-order valence-electron chi connectivity index (χ3n) is 1.84. The second kappa shape index (κ2) is 5.81. The lowest BCUT2D eigenvalue weighted by atomic mass is 10.0. The zero-order valence-corrected chi connectivity index (χ0v) is 10.1. The van der Waals surface area contributed by atoms with Crippen molar-refractivity contribution in [2.45, 2.75) is 45.8 Å². The van der Waals surface area contributed by atoms with Gasteiger partial charge in [0.25, 0.3) is 0 Å². The Hall–Kier alpha value is -1.14. The first-order valence-corrected chi connectivity index (χ1v) is 5.06. The van der Waals surface area contributed by atoms with Crippen molar-refractivity contribution in [1.82, 2.24) is 0 Å². The molecule has 2 unspecified atom stereocenters. The van der Waals surface area contributed by atoms with Crippen LogP contribution in [0.25, 0.3) is 0 Å². The third kappa shape index (κ3) is 5.67. The summed E-state index contributed by atoms with van der Waals surface area (Å²) in [5.74, 6) is 3.07. The van der Waals surface area contributed by atoms with Crippen LogP contribution in [0.1, 0.15) is 34.1 Å². The predicted octanol–water partition coefficient (Wildman–Crippen LogP) is 0.0985. The molecule has 0 aliphatic heterocycles. The molecule has 0 saturated carbocycles. The Kier molecular flexibility index (Phi) is 5.40. The Morgan fingerprint density at radius 3 is 2.12 bits per heavy atom. The number of rotatable bonds is 4. The van der Waals surface area contributed by atoms with Crippen LogP contribution in [0.15, 0.2) is 0 Å². The highest BCUT2D eigenvalue weighted by atomic mass is 16.7. The van der Waals surface area contributed by atoms with Crippen LogP contribution >= 0.6 is 0 Å². The fourth-order valence-electron chi connectivity index (χ4n) is 1.06. The van der Waals surface area contributed by atoms with Gasteiger partial charge >= 0.3 is 11.9 Å². The lowest BCUT2D eigenvalue weighted by molar-refractivity contribution is -0.160. The molecule has 6 nitrogen and oxygen atoms in total. The molecule has 0 radical (unpaired) electrons.